The quantitative estimate of drug-likeness (QED) is 0.567. The maximum atomic E-state index is 11.8. The van der Waals surface area contributed by atoms with Gasteiger partial charge in [-0.25, -0.2) is 0 Å². The molecule has 0 fully saturated rings. The third kappa shape index (κ3) is 5.72. The first-order chi connectivity index (χ1) is 9.00. The number of likely N-dealkylation sites (N-methyl/N-ethyl adjacent to an activating group) is 1. The highest BCUT2D eigenvalue weighted by molar-refractivity contribution is 5.94. The van der Waals surface area contributed by atoms with Crippen LogP contribution in [0.2, 0.25) is 0 Å². The Morgan fingerprint density at radius 1 is 1.37 bits per heavy atom. The van der Waals surface area contributed by atoms with Crippen LogP contribution in [-0.4, -0.2) is 51.2 Å². The van der Waals surface area contributed by atoms with Gasteiger partial charge in [-0.1, -0.05) is 0 Å². The Balaban J connectivity index is 2.26. The molecule has 0 heterocycles. The number of benzene rings is 1. The van der Waals surface area contributed by atoms with E-state index in [2.05, 4.69) is 10.2 Å². The summed E-state index contributed by atoms with van der Waals surface area (Å²) in [6.45, 7) is 4.47. The molecule has 0 bridgehead atoms. The van der Waals surface area contributed by atoms with Crippen LogP contribution in [0.15, 0.2) is 18.2 Å². The summed E-state index contributed by atoms with van der Waals surface area (Å²) in [6, 6.07) is 5.26. The Morgan fingerprint density at radius 2 is 2.11 bits per heavy atom. The van der Waals surface area contributed by atoms with E-state index >= 15 is 0 Å². The molecule has 0 radical (unpaired) electrons. The van der Waals surface area contributed by atoms with Crippen molar-refractivity contribution in [3.63, 3.8) is 0 Å². The molecule has 5 nitrogen and oxygen atoms in total. The fourth-order valence-corrected chi connectivity index (χ4v) is 1.50. The summed E-state index contributed by atoms with van der Waals surface area (Å²) >= 11 is 0. The van der Waals surface area contributed by atoms with Crippen LogP contribution < -0.4 is 11.1 Å². The Kier molecular flexibility index (Phi) is 6.32. The highest BCUT2D eigenvalue weighted by Gasteiger charge is 2.05. The summed E-state index contributed by atoms with van der Waals surface area (Å²) in [6.07, 6.45) is 0. The molecule has 0 aromatic heterocycles. The molecule has 1 amide bonds. The van der Waals surface area contributed by atoms with E-state index in [0.717, 1.165) is 12.1 Å². The predicted octanol–water partition coefficient (Wildman–Crippen LogP) is 0.885. The lowest BCUT2D eigenvalue weighted by Crippen LogP contribution is -2.28. The molecule has 0 aliphatic carbocycles. The molecule has 3 N–H and O–H groups in total. The second kappa shape index (κ2) is 7.76. The predicted molar refractivity (Wildman–Crippen MR) is 77.3 cm³/mol. The van der Waals surface area contributed by atoms with Gasteiger partial charge >= 0.3 is 0 Å². The summed E-state index contributed by atoms with van der Waals surface area (Å²) in [4.78, 5) is 13.9. The standard InChI is InChI=1S/C14H23N3O2/c1-11-10-12(4-5-13(11)15)14(18)16-6-8-19-9-7-17(2)3/h4-5,10H,6-9,15H2,1-3H3,(H,16,18). The van der Waals surface area contributed by atoms with E-state index in [-0.39, 0.29) is 5.91 Å². The largest absolute Gasteiger partial charge is 0.399 e. The third-order valence-corrected chi connectivity index (χ3v) is 2.75. The van der Waals surface area contributed by atoms with Crippen LogP contribution in [0.3, 0.4) is 0 Å². The maximum Gasteiger partial charge on any atom is 0.251 e. The normalized spacial score (nSPS) is 10.7. The Hall–Kier alpha value is -1.59. The number of aryl methyl sites for hydroxylation is 1. The van der Waals surface area contributed by atoms with E-state index in [1.165, 1.54) is 0 Å². The number of nitrogens with one attached hydrogen (secondary N) is 1. The Labute approximate surface area is 114 Å². The van der Waals surface area contributed by atoms with Gasteiger partial charge in [0.2, 0.25) is 0 Å². The summed E-state index contributed by atoms with van der Waals surface area (Å²) in [7, 11) is 3.99. The van der Waals surface area contributed by atoms with Crippen molar-refractivity contribution in [3.8, 4) is 0 Å². The van der Waals surface area contributed by atoms with Gasteiger partial charge in [0.1, 0.15) is 0 Å². The number of nitrogens with two attached hydrogens (primary N) is 1. The number of carbonyl (C=O) groups excluding carboxylic acids is 1. The minimum absolute atomic E-state index is 0.0979. The van der Waals surface area contributed by atoms with Gasteiger partial charge < -0.3 is 20.7 Å². The van der Waals surface area contributed by atoms with Crippen LogP contribution >= 0.6 is 0 Å². The Morgan fingerprint density at radius 3 is 2.74 bits per heavy atom. The van der Waals surface area contributed by atoms with E-state index in [4.69, 9.17) is 10.5 Å². The number of anilines is 1. The van der Waals surface area contributed by atoms with Crippen molar-refractivity contribution < 1.29 is 9.53 Å². The van der Waals surface area contributed by atoms with Crippen molar-refractivity contribution in [1.29, 1.82) is 0 Å². The van der Waals surface area contributed by atoms with E-state index in [1.54, 1.807) is 18.2 Å². The number of ether oxygens (including phenoxy) is 1. The second-order valence-corrected chi connectivity index (χ2v) is 4.74. The fourth-order valence-electron chi connectivity index (χ4n) is 1.50. The molecule has 1 rings (SSSR count). The second-order valence-electron chi connectivity index (χ2n) is 4.74. The minimum Gasteiger partial charge on any atom is -0.399 e. The van der Waals surface area contributed by atoms with Gasteiger partial charge in [-0.3, -0.25) is 4.79 Å². The van der Waals surface area contributed by atoms with E-state index in [9.17, 15) is 4.79 Å². The van der Waals surface area contributed by atoms with Gasteiger partial charge in [-0.15, -0.1) is 0 Å². The van der Waals surface area contributed by atoms with Gasteiger partial charge in [-0.2, -0.15) is 0 Å². The van der Waals surface area contributed by atoms with Gasteiger partial charge in [0, 0.05) is 24.3 Å². The van der Waals surface area contributed by atoms with E-state index in [0.29, 0.717) is 31.0 Å². The van der Waals surface area contributed by atoms with Crippen molar-refractivity contribution in [3.05, 3.63) is 29.3 Å². The average molecular weight is 265 g/mol. The molecule has 1 aromatic carbocycles. The molecule has 0 aliphatic heterocycles. The van der Waals surface area contributed by atoms with E-state index < -0.39 is 0 Å². The van der Waals surface area contributed by atoms with Gasteiger partial charge in [-0.05, 0) is 44.8 Å². The number of carbonyl (C=O) groups is 1. The molecule has 0 saturated heterocycles. The van der Waals surface area contributed by atoms with Crippen molar-refractivity contribution in [2.75, 3.05) is 46.1 Å². The van der Waals surface area contributed by atoms with Gasteiger partial charge in [0.25, 0.3) is 5.91 Å². The molecule has 0 aliphatic rings. The molecule has 5 heteroatoms. The van der Waals surface area contributed by atoms with Crippen molar-refractivity contribution in [2.45, 2.75) is 6.92 Å². The fraction of sp³-hybridized carbons (Fsp3) is 0.500. The molecule has 0 atom stereocenters. The van der Waals surface area contributed by atoms with Crippen LogP contribution in [0.5, 0.6) is 0 Å². The summed E-state index contributed by atoms with van der Waals surface area (Å²) in [5, 5.41) is 2.82. The number of amides is 1. The van der Waals surface area contributed by atoms with Gasteiger partial charge in [0.15, 0.2) is 0 Å². The minimum atomic E-state index is -0.0979. The number of hydrogen-bond acceptors (Lipinski definition) is 4. The van der Waals surface area contributed by atoms with E-state index in [1.807, 2.05) is 21.0 Å². The van der Waals surface area contributed by atoms with Crippen molar-refractivity contribution in [2.24, 2.45) is 0 Å². The van der Waals surface area contributed by atoms with Crippen LogP contribution in [0.1, 0.15) is 15.9 Å². The number of nitrogens with zero attached hydrogens (tertiary/aromatic N) is 1. The molecular weight excluding hydrogens is 242 g/mol. The number of hydrogen-bond donors (Lipinski definition) is 2. The first-order valence-corrected chi connectivity index (χ1v) is 6.37. The molecular formula is C14H23N3O2. The number of nitrogen functional groups attached to an aromatic ring is 1. The molecule has 19 heavy (non-hydrogen) atoms. The zero-order valence-electron chi connectivity index (χ0n) is 11.9. The Bertz CT molecular complexity index is 419. The van der Waals surface area contributed by atoms with Crippen molar-refractivity contribution in [1.82, 2.24) is 10.2 Å². The van der Waals surface area contributed by atoms with Crippen LogP contribution in [0.25, 0.3) is 0 Å². The van der Waals surface area contributed by atoms with Crippen LogP contribution in [0, 0.1) is 6.92 Å². The lowest BCUT2D eigenvalue weighted by Gasteiger charge is -2.10. The smallest absolute Gasteiger partial charge is 0.251 e. The molecule has 0 spiro atoms. The SMILES string of the molecule is Cc1cc(C(=O)NCCOCCN(C)C)ccc1N. The molecule has 0 saturated carbocycles. The lowest BCUT2D eigenvalue weighted by molar-refractivity contribution is 0.0900. The summed E-state index contributed by atoms with van der Waals surface area (Å²) in [5.74, 6) is -0.0979. The zero-order valence-corrected chi connectivity index (χ0v) is 11.9. The third-order valence-electron chi connectivity index (χ3n) is 2.75. The first kappa shape index (κ1) is 15.5. The number of rotatable bonds is 7. The average Bonchev–Trinajstić information content (AvgIpc) is 2.36. The topological polar surface area (TPSA) is 67.6 Å². The molecule has 106 valence electrons. The van der Waals surface area contributed by atoms with Crippen LogP contribution in [0.4, 0.5) is 5.69 Å². The summed E-state index contributed by atoms with van der Waals surface area (Å²) < 4.78 is 5.40. The van der Waals surface area contributed by atoms with Crippen molar-refractivity contribution >= 4 is 11.6 Å². The zero-order chi connectivity index (χ0) is 14.3. The first-order valence-electron chi connectivity index (χ1n) is 6.37. The lowest BCUT2D eigenvalue weighted by atomic mass is 10.1. The molecule has 1 aromatic rings. The highest BCUT2D eigenvalue weighted by atomic mass is 16.5. The van der Waals surface area contributed by atoms with Gasteiger partial charge in [0.05, 0.1) is 13.2 Å². The monoisotopic (exact) mass is 265 g/mol. The maximum absolute atomic E-state index is 11.8. The summed E-state index contributed by atoms with van der Waals surface area (Å²) in [5.41, 5.74) is 7.95. The van der Waals surface area contributed by atoms with Crippen LogP contribution in [-0.2, 0) is 4.74 Å². The highest BCUT2D eigenvalue weighted by Crippen LogP contribution is 2.12. The molecule has 0 unspecified atom stereocenters.